The summed E-state index contributed by atoms with van der Waals surface area (Å²) in [6, 6.07) is 1.99. The Morgan fingerprint density at radius 3 is 3.05 bits per heavy atom. The predicted octanol–water partition coefficient (Wildman–Crippen LogP) is 3.87. The van der Waals surface area contributed by atoms with Crippen molar-refractivity contribution in [3.05, 3.63) is 19.5 Å². The van der Waals surface area contributed by atoms with Crippen molar-refractivity contribution in [2.24, 2.45) is 5.92 Å². The zero-order valence-electron chi connectivity index (χ0n) is 10.2. The van der Waals surface area contributed by atoms with E-state index in [0.717, 1.165) is 38.5 Å². The minimum Gasteiger partial charge on any atom is -0.334 e. The Kier molecular flexibility index (Phi) is 4.36. The molecular weight excluding hydrogens is 394 g/mol. The lowest BCUT2D eigenvalue weighted by Crippen LogP contribution is -2.31. The molecule has 1 aliphatic rings. The molecule has 0 aliphatic carbocycles. The number of rotatable bonds is 3. The maximum atomic E-state index is 5.36. The molecule has 102 valence electrons. The number of hydrogen-bond acceptors (Lipinski definition) is 5. The minimum absolute atomic E-state index is 0.590. The van der Waals surface area contributed by atoms with Crippen molar-refractivity contribution in [3.63, 3.8) is 0 Å². The molecule has 1 unspecified atom stereocenters. The van der Waals surface area contributed by atoms with Crippen LogP contribution in [-0.4, -0.2) is 23.2 Å². The Bertz CT molecular complexity index is 563. The standard InChI is InChI=1S/C12H13Br2N3OS/c13-9-5-8(11(14)19-9)12-16-10(17-18-12)4-7-2-1-3-15-6-7/h5,7,15H,1-4,6H2. The van der Waals surface area contributed by atoms with Crippen molar-refractivity contribution in [3.8, 4) is 11.5 Å². The average Bonchev–Trinajstić information content (AvgIpc) is 2.97. The third-order valence-electron chi connectivity index (χ3n) is 3.23. The highest BCUT2D eigenvalue weighted by atomic mass is 79.9. The highest BCUT2D eigenvalue weighted by molar-refractivity contribution is 9.12. The molecule has 0 radical (unpaired) electrons. The number of thiophene rings is 1. The van der Waals surface area contributed by atoms with Gasteiger partial charge < -0.3 is 9.84 Å². The van der Waals surface area contributed by atoms with Gasteiger partial charge in [0.05, 0.1) is 13.1 Å². The summed E-state index contributed by atoms with van der Waals surface area (Å²) < 4.78 is 7.42. The van der Waals surface area contributed by atoms with Crippen molar-refractivity contribution >= 4 is 43.2 Å². The first-order chi connectivity index (χ1) is 9.22. The summed E-state index contributed by atoms with van der Waals surface area (Å²) in [5, 5.41) is 7.50. The molecular formula is C12H13Br2N3OS. The van der Waals surface area contributed by atoms with Crippen LogP contribution in [0.1, 0.15) is 18.7 Å². The van der Waals surface area contributed by atoms with Crippen LogP contribution < -0.4 is 5.32 Å². The molecule has 1 aliphatic heterocycles. The quantitative estimate of drug-likeness (QED) is 0.840. The number of nitrogens with one attached hydrogen (secondary N) is 1. The molecule has 4 nitrogen and oxygen atoms in total. The molecule has 0 aromatic carbocycles. The van der Waals surface area contributed by atoms with E-state index in [4.69, 9.17) is 4.52 Å². The topological polar surface area (TPSA) is 51.0 Å². The zero-order valence-corrected chi connectivity index (χ0v) is 14.1. The maximum absolute atomic E-state index is 5.36. The third-order valence-corrected chi connectivity index (χ3v) is 5.56. The van der Waals surface area contributed by atoms with Crippen LogP contribution in [0.15, 0.2) is 18.2 Å². The summed E-state index contributed by atoms with van der Waals surface area (Å²) in [5.41, 5.74) is 0.956. The van der Waals surface area contributed by atoms with Gasteiger partial charge in [-0.3, -0.25) is 0 Å². The van der Waals surface area contributed by atoms with Crippen LogP contribution in [0.3, 0.4) is 0 Å². The smallest absolute Gasteiger partial charge is 0.259 e. The number of aromatic nitrogens is 2. The molecule has 2 aromatic rings. The first-order valence-electron chi connectivity index (χ1n) is 6.21. The molecule has 19 heavy (non-hydrogen) atoms. The van der Waals surface area contributed by atoms with Gasteiger partial charge in [-0.1, -0.05) is 5.16 Å². The van der Waals surface area contributed by atoms with Crippen molar-refractivity contribution in [1.82, 2.24) is 15.5 Å². The van der Waals surface area contributed by atoms with E-state index in [2.05, 4.69) is 47.3 Å². The van der Waals surface area contributed by atoms with Crippen LogP contribution in [0.4, 0.5) is 0 Å². The van der Waals surface area contributed by atoms with Gasteiger partial charge in [-0.2, -0.15) is 4.98 Å². The van der Waals surface area contributed by atoms with Crippen LogP contribution in [0.25, 0.3) is 11.5 Å². The monoisotopic (exact) mass is 405 g/mol. The van der Waals surface area contributed by atoms with Gasteiger partial charge in [-0.05, 0) is 69.8 Å². The molecule has 1 saturated heterocycles. The fraction of sp³-hybridized carbons (Fsp3) is 0.500. The van der Waals surface area contributed by atoms with E-state index in [-0.39, 0.29) is 0 Å². The van der Waals surface area contributed by atoms with Gasteiger partial charge in [0.2, 0.25) is 0 Å². The first-order valence-corrected chi connectivity index (χ1v) is 8.61. The summed E-state index contributed by atoms with van der Waals surface area (Å²) in [5.74, 6) is 2.02. The largest absolute Gasteiger partial charge is 0.334 e. The maximum Gasteiger partial charge on any atom is 0.259 e. The molecule has 3 rings (SSSR count). The van der Waals surface area contributed by atoms with Crippen molar-refractivity contribution in [1.29, 1.82) is 0 Å². The van der Waals surface area contributed by atoms with Gasteiger partial charge >= 0.3 is 0 Å². The first kappa shape index (κ1) is 13.7. The highest BCUT2D eigenvalue weighted by Gasteiger charge is 2.19. The van der Waals surface area contributed by atoms with E-state index in [1.54, 1.807) is 11.3 Å². The SMILES string of the molecule is Brc1cc(-c2nc(CC3CCCNC3)no2)c(Br)s1. The van der Waals surface area contributed by atoms with Gasteiger partial charge in [0, 0.05) is 6.42 Å². The minimum atomic E-state index is 0.590. The van der Waals surface area contributed by atoms with E-state index in [9.17, 15) is 0 Å². The van der Waals surface area contributed by atoms with Crippen LogP contribution in [-0.2, 0) is 6.42 Å². The second-order valence-corrected chi connectivity index (χ2v) is 8.42. The molecule has 0 spiro atoms. The van der Waals surface area contributed by atoms with Crippen molar-refractivity contribution < 1.29 is 4.52 Å². The summed E-state index contributed by atoms with van der Waals surface area (Å²) in [7, 11) is 0. The van der Waals surface area contributed by atoms with E-state index < -0.39 is 0 Å². The third kappa shape index (κ3) is 3.26. The van der Waals surface area contributed by atoms with Crippen LogP contribution in [0.5, 0.6) is 0 Å². The van der Waals surface area contributed by atoms with Crippen LogP contribution >= 0.6 is 43.2 Å². The number of nitrogens with zero attached hydrogens (tertiary/aromatic N) is 2. The number of halogens is 2. The predicted molar refractivity (Wildman–Crippen MR) is 82.3 cm³/mol. The normalized spacial score (nSPS) is 19.8. The molecule has 1 N–H and O–H groups in total. The lowest BCUT2D eigenvalue weighted by molar-refractivity contribution is 0.360. The molecule has 0 saturated carbocycles. The molecule has 3 heterocycles. The van der Waals surface area contributed by atoms with Crippen molar-refractivity contribution in [2.75, 3.05) is 13.1 Å². The molecule has 1 fully saturated rings. The second-order valence-electron chi connectivity index (χ2n) is 4.67. The Morgan fingerprint density at radius 1 is 1.47 bits per heavy atom. The number of hydrogen-bond donors (Lipinski definition) is 1. The van der Waals surface area contributed by atoms with Gasteiger partial charge in [0.15, 0.2) is 5.82 Å². The van der Waals surface area contributed by atoms with Crippen LogP contribution in [0, 0.1) is 5.92 Å². The highest BCUT2D eigenvalue weighted by Crippen LogP contribution is 2.37. The Hall–Kier alpha value is -0.240. The fourth-order valence-electron chi connectivity index (χ4n) is 2.29. The fourth-order valence-corrected chi connectivity index (χ4v) is 5.07. The lowest BCUT2D eigenvalue weighted by atomic mass is 9.96. The van der Waals surface area contributed by atoms with Gasteiger partial charge in [-0.25, -0.2) is 0 Å². The zero-order chi connectivity index (χ0) is 13.2. The summed E-state index contributed by atoms with van der Waals surface area (Å²) >= 11 is 8.57. The molecule has 2 aromatic heterocycles. The second kappa shape index (κ2) is 6.03. The van der Waals surface area contributed by atoms with Gasteiger partial charge in [-0.15, -0.1) is 11.3 Å². The Morgan fingerprint density at radius 2 is 2.37 bits per heavy atom. The molecule has 1 atom stereocenters. The summed E-state index contributed by atoms with van der Waals surface area (Å²) in [6.45, 7) is 2.18. The number of piperidine rings is 1. The van der Waals surface area contributed by atoms with E-state index >= 15 is 0 Å². The molecule has 0 amide bonds. The van der Waals surface area contributed by atoms with Crippen LogP contribution in [0.2, 0.25) is 0 Å². The summed E-state index contributed by atoms with van der Waals surface area (Å²) in [4.78, 5) is 4.50. The van der Waals surface area contributed by atoms with Gasteiger partial charge in [0.25, 0.3) is 5.89 Å². The van der Waals surface area contributed by atoms with Gasteiger partial charge in [0.1, 0.15) is 0 Å². The lowest BCUT2D eigenvalue weighted by Gasteiger charge is -2.20. The molecule has 0 bridgehead atoms. The summed E-state index contributed by atoms with van der Waals surface area (Å²) in [6.07, 6.45) is 3.36. The Labute approximate surface area is 132 Å². The van der Waals surface area contributed by atoms with E-state index in [1.165, 1.54) is 12.8 Å². The Balaban J connectivity index is 1.74. The molecule has 7 heteroatoms. The average molecular weight is 407 g/mol. The van der Waals surface area contributed by atoms with E-state index in [1.807, 2.05) is 6.07 Å². The van der Waals surface area contributed by atoms with Crippen molar-refractivity contribution in [2.45, 2.75) is 19.3 Å². The van der Waals surface area contributed by atoms with E-state index in [0.29, 0.717) is 11.8 Å².